The minimum atomic E-state index is -0.0706. The van der Waals surface area contributed by atoms with Crippen LogP contribution < -0.4 is 10.1 Å². The first-order chi connectivity index (χ1) is 12.7. The van der Waals surface area contributed by atoms with Crippen molar-refractivity contribution in [3.05, 3.63) is 42.7 Å². The fourth-order valence-electron chi connectivity index (χ4n) is 2.97. The van der Waals surface area contributed by atoms with Crippen molar-refractivity contribution < 1.29 is 14.3 Å². The van der Waals surface area contributed by atoms with Crippen molar-refractivity contribution in [2.75, 3.05) is 38.7 Å². The van der Waals surface area contributed by atoms with Crippen LogP contribution in [0.25, 0.3) is 0 Å². The Morgan fingerprint density at radius 2 is 2.04 bits per heavy atom. The predicted octanol–water partition coefficient (Wildman–Crippen LogP) is 2.85. The number of hydrogen-bond donors (Lipinski definition) is 1. The molecule has 0 bridgehead atoms. The molecule has 0 atom stereocenters. The van der Waals surface area contributed by atoms with Crippen LogP contribution >= 0.6 is 0 Å². The van der Waals surface area contributed by atoms with Crippen LogP contribution in [0.5, 0.6) is 5.75 Å². The van der Waals surface area contributed by atoms with Crippen LogP contribution in [0.4, 0.5) is 10.5 Å². The second-order valence-corrected chi connectivity index (χ2v) is 6.47. The van der Waals surface area contributed by atoms with E-state index in [4.69, 9.17) is 9.47 Å². The Labute approximate surface area is 153 Å². The maximum absolute atomic E-state index is 12.4. The molecule has 0 unspecified atom stereocenters. The third-order valence-corrected chi connectivity index (χ3v) is 4.54. The van der Waals surface area contributed by atoms with E-state index in [0.29, 0.717) is 31.4 Å². The number of amides is 2. The Balaban J connectivity index is 1.40. The van der Waals surface area contributed by atoms with Gasteiger partial charge >= 0.3 is 6.03 Å². The lowest BCUT2D eigenvalue weighted by Crippen LogP contribution is -2.42. The van der Waals surface area contributed by atoms with Gasteiger partial charge in [-0.3, -0.25) is 4.68 Å². The van der Waals surface area contributed by atoms with Crippen LogP contribution in [0.2, 0.25) is 0 Å². The largest absolute Gasteiger partial charge is 0.493 e. The molecular weight excluding hydrogens is 332 g/mol. The third-order valence-electron chi connectivity index (χ3n) is 4.54. The minimum Gasteiger partial charge on any atom is -0.493 e. The number of methoxy groups -OCH3 is 1. The predicted molar refractivity (Wildman–Crippen MR) is 99.4 cm³/mol. The smallest absolute Gasteiger partial charge is 0.321 e. The van der Waals surface area contributed by atoms with Gasteiger partial charge in [-0.25, -0.2) is 4.79 Å². The number of benzene rings is 1. The Morgan fingerprint density at radius 3 is 2.77 bits per heavy atom. The molecular formula is C19H26N4O3. The van der Waals surface area contributed by atoms with Crippen molar-refractivity contribution in [2.24, 2.45) is 5.92 Å². The lowest BCUT2D eigenvalue weighted by atomic mass is 9.98. The molecule has 3 rings (SSSR count). The normalized spacial score (nSPS) is 15.0. The molecule has 2 aromatic rings. The maximum atomic E-state index is 12.4. The summed E-state index contributed by atoms with van der Waals surface area (Å²) in [5, 5.41) is 7.12. The van der Waals surface area contributed by atoms with Crippen molar-refractivity contribution in [1.82, 2.24) is 14.7 Å². The number of nitrogens with one attached hydrogen (secondary N) is 1. The lowest BCUT2D eigenvalue weighted by molar-refractivity contribution is 0.152. The number of anilines is 1. The molecule has 7 nitrogen and oxygen atoms in total. The highest BCUT2D eigenvalue weighted by molar-refractivity contribution is 5.89. The zero-order chi connectivity index (χ0) is 18.2. The van der Waals surface area contributed by atoms with Gasteiger partial charge in [-0.05, 0) is 30.9 Å². The number of likely N-dealkylation sites (tertiary alicyclic amines) is 1. The Bertz CT molecular complexity index is 681. The molecule has 26 heavy (non-hydrogen) atoms. The molecule has 0 radical (unpaired) electrons. The fraction of sp³-hybridized carbons (Fsp3) is 0.474. The first-order valence-corrected chi connectivity index (χ1v) is 9.00. The molecule has 1 aliphatic heterocycles. The van der Waals surface area contributed by atoms with Crippen molar-refractivity contribution in [1.29, 1.82) is 0 Å². The number of carbonyl (C=O) groups excluding carboxylic acids is 1. The van der Waals surface area contributed by atoms with E-state index < -0.39 is 0 Å². The Morgan fingerprint density at radius 1 is 1.27 bits per heavy atom. The SMILES string of the molecule is COCCn1cc(NC(=O)N2CCC(COc3ccccc3)CC2)cn1. The summed E-state index contributed by atoms with van der Waals surface area (Å²) in [7, 11) is 1.65. The van der Waals surface area contributed by atoms with Crippen LogP contribution in [-0.4, -0.2) is 54.1 Å². The molecule has 1 aromatic carbocycles. The van der Waals surface area contributed by atoms with Crippen LogP contribution in [0.1, 0.15) is 12.8 Å². The molecule has 1 N–H and O–H groups in total. The quantitative estimate of drug-likeness (QED) is 0.826. The zero-order valence-corrected chi connectivity index (χ0v) is 15.1. The van der Waals surface area contributed by atoms with E-state index in [1.54, 1.807) is 18.0 Å². The molecule has 0 saturated carbocycles. The molecule has 1 saturated heterocycles. The highest BCUT2D eigenvalue weighted by Crippen LogP contribution is 2.20. The van der Waals surface area contributed by atoms with Crippen molar-refractivity contribution >= 4 is 11.7 Å². The van der Waals surface area contributed by atoms with Gasteiger partial charge in [0.25, 0.3) is 0 Å². The van der Waals surface area contributed by atoms with Gasteiger partial charge in [0.05, 0.1) is 31.6 Å². The van der Waals surface area contributed by atoms with Gasteiger partial charge in [0.2, 0.25) is 0 Å². The molecule has 7 heteroatoms. The standard InChI is InChI=1S/C19H26N4O3/c1-25-12-11-23-14-17(13-20-23)21-19(24)22-9-7-16(8-10-22)15-26-18-5-3-2-4-6-18/h2-6,13-14,16H,7-12,15H2,1H3,(H,21,24). The first kappa shape index (κ1) is 18.3. The van der Waals surface area contributed by atoms with Gasteiger partial charge in [0.1, 0.15) is 5.75 Å². The van der Waals surface area contributed by atoms with Crippen LogP contribution in [-0.2, 0) is 11.3 Å². The number of urea groups is 1. The highest BCUT2D eigenvalue weighted by atomic mass is 16.5. The van der Waals surface area contributed by atoms with E-state index in [2.05, 4.69) is 10.4 Å². The van der Waals surface area contributed by atoms with Crippen molar-refractivity contribution in [3.8, 4) is 5.75 Å². The molecule has 0 spiro atoms. The summed E-state index contributed by atoms with van der Waals surface area (Å²) in [6.45, 7) is 3.44. The second kappa shape index (κ2) is 9.24. The highest BCUT2D eigenvalue weighted by Gasteiger charge is 2.23. The average Bonchev–Trinajstić information content (AvgIpc) is 3.13. The summed E-state index contributed by atoms with van der Waals surface area (Å²) >= 11 is 0. The van der Waals surface area contributed by atoms with E-state index in [1.807, 2.05) is 41.4 Å². The molecule has 2 heterocycles. The van der Waals surface area contributed by atoms with Crippen LogP contribution in [0, 0.1) is 5.92 Å². The molecule has 140 valence electrons. The third kappa shape index (κ3) is 5.23. The van der Waals surface area contributed by atoms with E-state index >= 15 is 0 Å². The van der Waals surface area contributed by atoms with Gasteiger partial charge in [0, 0.05) is 26.4 Å². The number of nitrogens with zero attached hydrogens (tertiary/aromatic N) is 3. The van der Waals surface area contributed by atoms with Gasteiger partial charge in [0.15, 0.2) is 0 Å². The van der Waals surface area contributed by atoms with Crippen LogP contribution in [0.3, 0.4) is 0 Å². The monoisotopic (exact) mass is 358 g/mol. The van der Waals surface area contributed by atoms with Gasteiger partial charge in [-0.15, -0.1) is 0 Å². The number of hydrogen-bond acceptors (Lipinski definition) is 4. The van der Waals surface area contributed by atoms with Crippen LogP contribution in [0.15, 0.2) is 42.7 Å². The summed E-state index contributed by atoms with van der Waals surface area (Å²) in [5.41, 5.74) is 0.709. The van der Waals surface area contributed by atoms with Gasteiger partial charge in [-0.2, -0.15) is 5.10 Å². The van der Waals surface area contributed by atoms with Crippen molar-refractivity contribution in [3.63, 3.8) is 0 Å². The number of piperidine rings is 1. The Kier molecular flexibility index (Phi) is 6.49. The van der Waals surface area contributed by atoms with Gasteiger partial charge < -0.3 is 19.7 Å². The first-order valence-electron chi connectivity index (χ1n) is 9.00. The number of ether oxygens (including phenoxy) is 2. The average molecular weight is 358 g/mol. The van der Waals surface area contributed by atoms with Gasteiger partial charge in [-0.1, -0.05) is 18.2 Å². The van der Waals surface area contributed by atoms with E-state index in [9.17, 15) is 4.79 Å². The number of aromatic nitrogens is 2. The minimum absolute atomic E-state index is 0.0706. The fourth-order valence-corrected chi connectivity index (χ4v) is 2.97. The molecule has 2 amide bonds. The summed E-state index contributed by atoms with van der Waals surface area (Å²) < 4.78 is 12.6. The number of para-hydroxylation sites is 1. The maximum Gasteiger partial charge on any atom is 0.321 e. The van der Waals surface area contributed by atoms with Crippen molar-refractivity contribution in [2.45, 2.75) is 19.4 Å². The zero-order valence-electron chi connectivity index (χ0n) is 15.1. The summed E-state index contributed by atoms with van der Waals surface area (Å²) in [5.74, 6) is 1.38. The summed E-state index contributed by atoms with van der Waals surface area (Å²) in [4.78, 5) is 14.3. The van der Waals surface area contributed by atoms with E-state index in [1.165, 1.54) is 0 Å². The molecule has 0 aliphatic carbocycles. The van der Waals surface area contributed by atoms with E-state index in [-0.39, 0.29) is 6.03 Å². The molecule has 1 fully saturated rings. The number of carbonyl (C=O) groups is 1. The lowest BCUT2D eigenvalue weighted by Gasteiger charge is -2.31. The summed E-state index contributed by atoms with van der Waals surface area (Å²) in [6.07, 6.45) is 5.38. The summed E-state index contributed by atoms with van der Waals surface area (Å²) in [6, 6.07) is 9.79. The second-order valence-electron chi connectivity index (χ2n) is 6.47. The molecule has 1 aromatic heterocycles. The molecule has 1 aliphatic rings. The topological polar surface area (TPSA) is 68.6 Å². The van der Waals surface area contributed by atoms with E-state index in [0.717, 1.165) is 31.7 Å². The Hall–Kier alpha value is -2.54. The number of rotatable bonds is 7.